The third-order valence-electron chi connectivity index (χ3n) is 2.00. The monoisotopic (exact) mass is 240 g/mol. The van der Waals surface area contributed by atoms with Crippen LogP contribution in [0.25, 0.3) is 0 Å². The first kappa shape index (κ1) is 11.5. The molecular weight excluding hydrogens is 230 g/mol. The summed E-state index contributed by atoms with van der Waals surface area (Å²) in [6.45, 7) is 0.381. The Bertz CT molecular complexity index is 515. The molecule has 90 valence electrons. The molecule has 0 amide bonds. The molecule has 0 fully saturated rings. The summed E-state index contributed by atoms with van der Waals surface area (Å²) in [5.41, 5.74) is 5.38. The van der Waals surface area contributed by atoms with Crippen LogP contribution in [0.1, 0.15) is 5.89 Å². The largest absolute Gasteiger partial charge is 0.408 e. The number of rotatable bonds is 4. The van der Waals surface area contributed by atoms with Crippen LogP contribution in [0.3, 0.4) is 0 Å². The van der Waals surface area contributed by atoms with Crippen LogP contribution in [0.5, 0.6) is 0 Å². The van der Waals surface area contributed by atoms with Crippen molar-refractivity contribution in [3.05, 3.63) is 35.7 Å². The van der Waals surface area contributed by atoms with Crippen molar-refractivity contribution in [3.8, 4) is 0 Å². The van der Waals surface area contributed by atoms with Gasteiger partial charge in [-0.05, 0) is 12.1 Å². The molecule has 0 aliphatic carbocycles. The van der Waals surface area contributed by atoms with Gasteiger partial charge in [-0.1, -0.05) is 5.10 Å². The second-order valence-electron chi connectivity index (χ2n) is 3.29. The molecule has 0 aliphatic heterocycles. The number of hydrogen-bond acceptors (Lipinski definition) is 5. The molecule has 5 nitrogen and oxygen atoms in total. The van der Waals surface area contributed by atoms with Crippen LogP contribution in [0, 0.1) is 11.6 Å². The minimum absolute atomic E-state index is 0.0407. The van der Waals surface area contributed by atoms with Gasteiger partial charge in [-0.2, -0.15) is 0 Å². The topological polar surface area (TPSA) is 77.0 Å². The summed E-state index contributed by atoms with van der Waals surface area (Å²) >= 11 is 0. The maximum atomic E-state index is 13.3. The molecule has 0 radical (unpaired) electrons. The van der Waals surface area contributed by atoms with Gasteiger partial charge >= 0.3 is 6.01 Å². The third kappa shape index (κ3) is 2.76. The number of hydrogen-bond donors (Lipinski definition) is 2. The van der Waals surface area contributed by atoms with Gasteiger partial charge in [0.15, 0.2) is 0 Å². The molecule has 0 atom stereocenters. The van der Waals surface area contributed by atoms with E-state index in [2.05, 4.69) is 15.5 Å². The molecule has 0 aliphatic rings. The van der Waals surface area contributed by atoms with E-state index in [1.165, 1.54) is 6.07 Å². The highest BCUT2D eigenvalue weighted by Crippen LogP contribution is 2.19. The van der Waals surface area contributed by atoms with Crippen LogP contribution < -0.4 is 11.1 Å². The molecule has 1 heterocycles. The van der Waals surface area contributed by atoms with E-state index in [-0.39, 0.29) is 11.7 Å². The van der Waals surface area contributed by atoms with Crippen LogP contribution in [-0.4, -0.2) is 16.7 Å². The van der Waals surface area contributed by atoms with Crippen LogP contribution in [-0.2, 0) is 6.42 Å². The minimum Gasteiger partial charge on any atom is -0.408 e. The fourth-order valence-corrected chi connectivity index (χ4v) is 1.23. The van der Waals surface area contributed by atoms with Crippen molar-refractivity contribution in [2.75, 3.05) is 11.9 Å². The number of aromatic nitrogens is 2. The van der Waals surface area contributed by atoms with Gasteiger partial charge in [0.25, 0.3) is 0 Å². The molecule has 17 heavy (non-hydrogen) atoms. The molecular formula is C10H10F2N4O. The Morgan fingerprint density at radius 3 is 2.82 bits per heavy atom. The van der Waals surface area contributed by atoms with Gasteiger partial charge in [0, 0.05) is 19.0 Å². The third-order valence-corrected chi connectivity index (χ3v) is 2.00. The average Bonchev–Trinajstić information content (AvgIpc) is 2.71. The summed E-state index contributed by atoms with van der Waals surface area (Å²) in [6.07, 6.45) is 0.445. The normalized spacial score (nSPS) is 10.5. The number of halogens is 2. The first-order valence-electron chi connectivity index (χ1n) is 4.93. The van der Waals surface area contributed by atoms with E-state index >= 15 is 0 Å². The number of nitrogens with one attached hydrogen (secondary N) is 1. The predicted molar refractivity (Wildman–Crippen MR) is 56.7 cm³/mol. The first-order chi connectivity index (χ1) is 8.19. The Kier molecular flexibility index (Phi) is 3.29. The van der Waals surface area contributed by atoms with Gasteiger partial charge < -0.3 is 15.5 Å². The highest BCUT2D eigenvalue weighted by Gasteiger charge is 2.09. The Balaban J connectivity index is 2.13. The van der Waals surface area contributed by atoms with E-state index in [0.717, 1.165) is 12.1 Å². The standard InChI is InChI=1S/C10H10F2N4O/c11-6-1-2-8(7(12)5-6)14-10-16-15-9(17-10)3-4-13/h1-2,5H,3-4,13H2,(H,14,16). The van der Waals surface area contributed by atoms with Gasteiger partial charge in [0.2, 0.25) is 5.89 Å². The summed E-state index contributed by atoms with van der Waals surface area (Å²) in [5, 5.41) is 9.90. The van der Waals surface area contributed by atoms with Gasteiger partial charge in [0.05, 0.1) is 5.69 Å². The highest BCUT2D eigenvalue weighted by molar-refractivity contribution is 5.52. The van der Waals surface area contributed by atoms with E-state index in [9.17, 15) is 8.78 Å². The van der Waals surface area contributed by atoms with Crippen molar-refractivity contribution in [3.63, 3.8) is 0 Å². The maximum absolute atomic E-state index is 13.3. The first-order valence-corrected chi connectivity index (χ1v) is 4.93. The highest BCUT2D eigenvalue weighted by atomic mass is 19.1. The Morgan fingerprint density at radius 1 is 1.29 bits per heavy atom. The molecule has 2 rings (SSSR count). The van der Waals surface area contributed by atoms with Crippen molar-refractivity contribution in [1.82, 2.24) is 10.2 Å². The Morgan fingerprint density at radius 2 is 2.12 bits per heavy atom. The summed E-state index contributed by atoms with van der Waals surface area (Å²) in [6, 6.07) is 3.18. The lowest BCUT2D eigenvalue weighted by atomic mass is 10.3. The van der Waals surface area contributed by atoms with Crippen molar-refractivity contribution in [1.29, 1.82) is 0 Å². The van der Waals surface area contributed by atoms with Gasteiger partial charge in [-0.3, -0.25) is 0 Å². The maximum Gasteiger partial charge on any atom is 0.320 e. The molecule has 0 saturated heterocycles. The number of anilines is 2. The predicted octanol–water partition coefficient (Wildman–Crippen LogP) is 1.59. The van der Waals surface area contributed by atoms with Crippen LogP contribution in [0.4, 0.5) is 20.5 Å². The lowest BCUT2D eigenvalue weighted by molar-refractivity contribution is 0.508. The molecule has 7 heteroatoms. The zero-order chi connectivity index (χ0) is 12.3. The lowest BCUT2D eigenvalue weighted by Crippen LogP contribution is -2.02. The zero-order valence-electron chi connectivity index (χ0n) is 8.78. The van der Waals surface area contributed by atoms with Crippen molar-refractivity contribution >= 4 is 11.7 Å². The van der Waals surface area contributed by atoms with Crippen molar-refractivity contribution in [2.45, 2.75) is 6.42 Å². The van der Waals surface area contributed by atoms with Crippen LogP contribution in [0.2, 0.25) is 0 Å². The average molecular weight is 240 g/mol. The van der Waals surface area contributed by atoms with Crippen molar-refractivity contribution in [2.24, 2.45) is 5.73 Å². The number of nitrogens with zero attached hydrogens (tertiary/aromatic N) is 2. The SMILES string of the molecule is NCCc1nnc(Nc2ccc(F)cc2F)o1. The molecule has 0 saturated carbocycles. The minimum atomic E-state index is -0.733. The van der Waals surface area contributed by atoms with Gasteiger partial charge in [-0.25, -0.2) is 8.78 Å². The molecule has 1 aromatic heterocycles. The summed E-state index contributed by atoms with van der Waals surface area (Å²) in [4.78, 5) is 0. The van der Waals surface area contributed by atoms with E-state index in [4.69, 9.17) is 10.2 Å². The second-order valence-corrected chi connectivity index (χ2v) is 3.29. The van der Waals surface area contributed by atoms with E-state index < -0.39 is 11.6 Å². The molecule has 2 aromatic rings. The van der Waals surface area contributed by atoms with E-state index in [0.29, 0.717) is 18.9 Å². The Labute approximate surface area is 95.6 Å². The van der Waals surface area contributed by atoms with Crippen LogP contribution in [0.15, 0.2) is 22.6 Å². The fraction of sp³-hybridized carbons (Fsp3) is 0.200. The van der Waals surface area contributed by atoms with Gasteiger partial charge in [-0.15, -0.1) is 5.10 Å². The Hall–Kier alpha value is -2.02. The van der Waals surface area contributed by atoms with Crippen LogP contribution >= 0.6 is 0 Å². The second kappa shape index (κ2) is 4.88. The fourth-order valence-electron chi connectivity index (χ4n) is 1.23. The molecule has 3 N–H and O–H groups in total. The van der Waals surface area contributed by atoms with E-state index in [1.54, 1.807) is 0 Å². The molecule has 1 aromatic carbocycles. The molecule has 0 spiro atoms. The number of nitrogens with two attached hydrogens (primary N) is 1. The lowest BCUT2D eigenvalue weighted by Gasteiger charge is -2.02. The smallest absolute Gasteiger partial charge is 0.320 e. The number of benzene rings is 1. The molecule has 0 unspecified atom stereocenters. The summed E-state index contributed by atoms with van der Waals surface area (Å²) in [5.74, 6) is -1.02. The summed E-state index contributed by atoms with van der Waals surface area (Å²) in [7, 11) is 0. The van der Waals surface area contributed by atoms with Gasteiger partial charge in [0.1, 0.15) is 11.6 Å². The summed E-state index contributed by atoms with van der Waals surface area (Å²) < 4.78 is 31.1. The quantitative estimate of drug-likeness (QED) is 0.848. The molecule has 0 bridgehead atoms. The zero-order valence-corrected chi connectivity index (χ0v) is 8.78. The van der Waals surface area contributed by atoms with E-state index in [1.807, 2.05) is 0 Å². The van der Waals surface area contributed by atoms with Crippen molar-refractivity contribution < 1.29 is 13.2 Å².